The lowest BCUT2D eigenvalue weighted by atomic mass is 10.2. The molecule has 3 aromatic carbocycles. The predicted molar refractivity (Wildman–Crippen MR) is 137 cm³/mol. The molecule has 35 heavy (non-hydrogen) atoms. The lowest BCUT2D eigenvalue weighted by Gasteiger charge is -2.10. The first-order valence-corrected chi connectivity index (χ1v) is 12.5. The number of nitrogens with zero attached hydrogens (tertiary/aromatic N) is 2. The molecule has 4 rings (SSSR count). The summed E-state index contributed by atoms with van der Waals surface area (Å²) in [7, 11) is -2.49. The van der Waals surface area contributed by atoms with Crippen LogP contribution >= 0.6 is 11.6 Å². The van der Waals surface area contributed by atoms with Crippen LogP contribution in [-0.4, -0.2) is 23.7 Å². The average molecular weight is 511 g/mol. The van der Waals surface area contributed by atoms with Crippen molar-refractivity contribution in [3.05, 3.63) is 105 Å². The van der Waals surface area contributed by atoms with Crippen LogP contribution in [-0.2, 0) is 17.1 Å². The van der Waals surface area contributed by atoms with Gasteiger partial charge in [-0.3, -0.25) is 19.0 Å². The van der Waals surface area contributed by atoms with E-state index in [9.17, 15) is 18.0 Å². The van der Waals surface area contributed by atoms with Gasteiger partial charge in [0.25, 0.3) is 21.5 Å². The van der Waals surface area contributed by atoms with Gasteiger partial charge in [-0.2, -0.15) is 0 Å². The van der Waals surface area contributed by atoms with Crippen molar-refractivity contribution in [2.45, 2.75) is 18.7 Å². The van der Waals surface area contributed by atoms with E-state index < -0.39 is 21.5 Å². The second-order valence-corrected chi connectivity index (χ2v) is 10.1. The fourth-order valence-corrected chi connectivity index (χ4v) is 4.90. The third-order valence-electron chi connectivity index (χ3n) is 5.63. The van der Waals surface area contributed by atoms with Gasteiger partial charge in [0.05, 0.1) is 16.3 Å². The number of sulfonamides is 1. The number of carbonyl (C=O) groups excluding carboxylic acids is 1. The Morgan fingerprint density at radius 3 is 2.34 bits per heavy atom. The molecule has 0 bridgehead atoms. The molecule has 0 saturated heterocycles. The fourth-order valence-electron chi connectivity index (χ4n) is 3.56. The predicted octanol–water partition coefficient (Wildman–Crippen LogP) is 4.50. The Bertz CT molecular complexity index is 1590. The van der Waals surface area contributed by atoms with E-state index in [1.165, 1.54) is 28.9 Å². The minimum Gasteiger partial charge on any atom is -0.322 e. The summed E-state index contributed by atoms with van der Waals surface area (Å²) in [5, 5.41) is 3.21. The van der Waals surface area contributed by atoms with E-state index in [1.807, 2.05) is 13.0 Å². The summed E-state index contributed by atoms with van der Waals surface area (Å²) in [6, 6.07) is 19.6. The van der Waals surface area contributed by atoms with Gasteiger partial charge in [0, 0.05) is 23.3 Å². The van der Waals surface area contributed by atoms with Gasteiger partial charge in [0.2, 0.25) is 0 Å². The molecule has 1 aromatic heterocycles. The third kappa shape index (κ3) is 4.87. The van der Waals surface area contributed by atoms with Gasteiger partial charge in [0.15, 0.2) is 0 Å². The zero-order chi connectivity index (χ0) is 25.3. The second kappa shape index (κ2) is 9.44. The highest BCUT2D eigenvalue weighted by atomic mass is 35.5. The van der Waals surface area contributed by atoms with Crippen molar-refractivity contribution >= 4 is 38.9 Å². The van der Waals surface area contributed by atoms with Crippen molar-refractivity contribution in [1.29, 1.82) is 0 Å². The van der Waals surface area contributed by atoms with Crippen molar-refractivity contribution in [3.8, 4) is 5.69 Å². The van der Waals surface area contributed by atoms with Crippen LogP contribution in [0.25, 0.3) is 5.69 Å². The normalized spacial score (nSPS) is 11.3. The lowest BCUT2D eigenvalue weighted by Crippen LogP contribution is -2.23. The van der Waals surface area contributed by atoms with Gasteiger partial charge in [-0.1, -0.05) is 41.9 Å². The molecule has 1 heterocycles. The van der Waals surface area contributed by atoms with Gasteiger partial charge in [-0.25, -0.2) is 13.1 Å². The van der Waals surface area contributed by atoms with Gasteiger partial charge in [-0.05, 0) is 61.9 Å². The molecule has 8 nitrogen and oxygen atoms in total. The van der Waals surface area contributed by atoms with Crippen LogP contribution in [0.2, 0.25) is 5.02 Å². The number of benzene rings is 3. The lowest BCUT2D eigenvalue weighted by molar-refractivity contribution is 0.102. The molecule has 0 atom stereocenters. The van der Waals surface area contributed by atoms with Crippen LogP contribution in [0.15, 0.2) is 82.5 Å². The summed E-state index contributed by atoms with van der Waals surface area (Å²) in [4.78, 5) is 25.7. The minimum atomic E-state index is -4.16. The van der Waals surface area contributed by atoms with E-state index in [2.05, 4.69) is 10.0 Å². The fraction of sp³-hybridized carbons (Fsp3) is 0.120. The maximum Gasteiger partial charge on any atom is 0.296 e. The number of anilines is 2. The number of hydrogen-bond donors (Lipinski definition) is 2. The smallest absolute Gasteiger partial charge is 0.296 e. The molecule has 0 aliphatic carbocycles. The number of aryl methyl sites for hydroxylation is 1. The van der Waals surface area contributed by atoms with Crippen LogP contribution in [0, 0.1) is 13.8 Å². The van der Waals surface area contributed by atoms with Crippen LogP contribution in [0.3, 0.4) is 0 Å². The van der Waals surface area contributed by atoms with Crippen molar-refractivity contribution in [2.75, 3.05) is 10.0 Å². The zero-order valence-electron chi connectivity index (χ0n) is 19.2. The summed E-state index contributed by atoms with van der Waals surface area (Å²) in [6.07, 6.45) is 0. The molecule has 180 valence electrons. The largest absolute Gasteiger partial charge is 0.322 e. The Morgan fingerprint density at radius 1 is 0.943 bits per heavy atom. The number of amides is 1. The van der Waals surface area contributed by atoms with Crippen molar-refractivity contribution in [2.24, 2.45) is 7.05 Å². The van der Waals surface area contributed by atoms with Crippen molar-refractivity contribution in [1.82, 2.24) is 9.36 Å². The molecule has 4 aromatic rings. The quantitative estimate of drug-likeness (QED) is 0.398. The number of aromatic nitrogens is 2. The van der Waals surface area contributed by atoms with E-state index in [4.69, 9.17) is 11.6 Å². The van der Waals surface area contributed by atoms with Gasteiger partial charge in [-0.15, -0.1) is 0 Å². The summed E-state index contributed by atoms with van der Waals surface area (Å²) < 4.78 is 31.7. The Kier molecular flexibility index (Phi) is 6.56. The summed E-state index contributed by atoms with van der Waals surface area (Å²) in [5.41, 5.74) is 1.95. The highest BCUT2D eigenvalue weighted by Gasteiger charge is 2.23. The summed E-state index contributed by atoms with van der Waals surface area (Å²) in [6.45, 7) is 3.49. The SMILES string of the molecule is Cc1ccc(NC(=O)c2cccc(S(=O)(=O)Nc3c(C)n(C)n(-c4ccccc4)c3=O)c2)cc1Cl. The Labute approximate surface area is 207 Å². The Morgan fingerprint density at radius 2 is 1.66 bits per heavy atom. The number of halogens is 1. The standard InChI is InChI=1S/C25H23ClN4O4S/c1-16-12-13-19(15-22(16)26)27-24(31)18-8-7-11-21(14-18)35(33,34)28-23-17(2)29(3)30(25(23)32)20-9-5-4-6-10-20/h4-15,28H,1-3H3,(H,27,31). The molecule has 0 aliphatic rings. The van der Waals surface area contributed by atoms with Crippen LogP contribution in [0.1, 0.15) is 21.6 Å². The number of para-hydroxylation sites is 1. The van der Waals surface area contributed by atoms with E-state index in [-0.39, 0.29) is 16.1 Å². The van der Waals surface area contributed by atoms with E-state index in [0.29, 0.717) is 22.1 Å². The highest BCUT2D eigenvalue weighted by molar-refractivity contribution is 7.92. The molecule has 0 fully saturated rings. The third-order valence-corrected chi connectivity index (χ3v) is 7.38. The van der Waals surface area contributed by atoms with Crippen LogP contribution in [0.4, 0.5) is 11.4 Å². The molecule has 1 amide bonds. The molecule has 2 N–H and O–H groups in total. The van der Waals surface area contributed by atoms with Crippen molar-refractivity contribution < 1.29 is 13.2 Å². The van der Waals surface area contributed by atoms with Crippen molar-refractivity contribution in [3.63, 3.8) is 0 Å². The Balaban J connectivity index is 1.63. The number of rotatable bonds is 6. The number of hydrogen-bond acceptors (Lipinski definition) is 4. The Hall–Kier alpha value is -3.82. The van der Waals surface area contributed by atoms with Crippen LogP contribution < -0.4 is 15.6 Å². The molecule has 0 aliphatic heterocycles. The molecule has 0 spiro atoms. The maximum atomic E-state index is 13.2. The second-order valence-electron chi connectivity index (χ2n) is 7.99. The maximum absolute atomic E-state index is 13.2. The summed E-state index contributed by atoms with van der Waals surface area (Å²) in [5.74, 6) is -0.496. The first kappa shape index (κ1) is 24.3. The van der Waals surface area contributed by atoms with Crippen LogP contribution in [0.5, 0.6) is 0 Å². The van der Waals surface area contributed by atoms with E-state index in [0.717, 1.165) is 5.56 Å². The molecular formula is C25H23ClN4O4S. The minimum absolute atomic E-state index is 0.0690. The molecular weight excluding hydrogens is 488 g/mol. The van der Waals surface area contributed by atoms with E-state index in [1.54, 1.807) is 61.1 Å². The zero-order valence-corrected chi connectivity index (χ0v) is 20.8. The monoisotopic (exact) mass is 510 g/mol. The average Bonchev–Trinajstić information content (AvgIpc) is 3.04. The first-order chi connectivity index (χ1) is 16.6. The van der Waals surface area contributed by atoms with Gasteiger partial charge in [0.1, 0.15) is 5.69 Å². The molecule has 10 heteroatoms. The number of nitrogens with one attached hydrogen (secondary N) is 2. The topological polar surface area (TPSA) is 102 Å². The van der Waals surface area contributed by atoms with E-state index >= 15 is 0 Å². The highest BCUT2D eigenvalue weighted by Crippen LogP contribution is 2.22. The summed E-state index contributed by atoms with van der Waals surface area (Å²) >= 11 is 6.11. The van der Waals surface area contributed by atoms with Gasteiger partial charge >= 0.3 is 0 Å². The molecule has 0 unspecified atom stereocenters. The molecule has 0 radical (unpaired) electrons. The first-order valence-electron chi connectivity index (χ1n) is 10.6. The molecule has 0 saturated carbocycles. The number of carbonyl (C=O) groups is 1. The van der Waals surface area contributed by atoms with Gasteiger partial charge < -0.3 is 5.32 Å².